The van der Waals surface area contributed by atoms with Crippen LogP contribution in [0.5, 0.6) is 0 Å². The van der Waals surface area contributed by atoms with Gasteiger partial charge in [-0.15, -0.1) is 11.3 Å². The van der Waals surface area contributed by atoms with E-state index in [0.717, 1.165) is 29.4 Å². The van der Waals surface area contributed by atoms with E-state index in [2.05, 4.69) is 60.3 Å². The third kappa shape index (κ3) is 3.27. The molecule has 0 saturated carbocycles. The van der Waals surface area contributed by atoms with E-state index >= 15 is 0 Å². The van der Waals surface area contributed by atoms with Crippen molar-refractivity contribution in [2.45, 2.75) is 20.8 Å². The number of rotatable bonds is 5. The second-order valence-corrected chi connectivity index (χ2v) is 6.31. The Bertz CT molecular complexity index is 791. The van der Waals surface area contributed by atoms with Crippen LogP contribution in [0.2, 0.25) is 0 Å². The summed E-state index contributed by atoms with van der Waals surface area (Å²) in [5.74, 6) is 0. The summed E-state index contributed by atoms with van der Waals surface area (Å²) in [5.41, 5.74) is 5.77. The number of aromatic nitrogens is 2. The van der Waals surface area contributed by atoms with Gasteiger partial charge in [0.25, 0.3) is 0 Å². The van der Waals surface area contributed by atoms with Crippen LogP contribution in [0.25, 0.3) is 21.8 Å². The maximum atomic E-state index is 4.82. The molecule has 0 unspecified atom stereocenters. The van der Waals surface area contributed by atoms with Crippen molar-refractivity contribution in [1.29, 1.82) is 0 Å². The largest absolute Gasteiger partial charge is 0.372 e. The average molecular weight is 323 g/mol. The third-order valence-corrected chi connectivity index (χ3v) is 4.92. The van der Waals surface area contributed by atoms with Crippen molar-refractivity contribution < 1.29 is 0 Å². The van der Waals surface area contributed by atoms with Gasteiger partial charge in [0.05, 0.1) is 5.69 Å². The minimum absolute atomic E-state index is 1.01. The Hall–Kier alpha value is -2.20. The van der Waals surface area contributed by atoms with Crippen molar-refractivity contribution in [3.8, 4) is 21.8 Å². The lowest BCUT2D eigenvalue weighted by molar-refractivity contribution is 0.866. The van der Waals surface area contributed by atoms with Crippen LogP contribution in [-0.2, 0) is 0 Å². The Balaban J connectivity index is 1.95. The van der Waals surface area contributed by atoms with E-state index in [1.54, 1.807) is 11.3 Å². The summed E-state index contributed by atoms with van der Waals surface area (Å²) < 4.78 is 0. The fourth-order valence-electron chi connectivity index (χ4n) is 2.67. The SMILES string of the molecule is CCN(CC)c1cccc(-c2csc(-c3cnccc3C)n2)c1. The first-order valence-corrected chi connectivity index (χ1v) is 8.82. The molecule has 0 radical (unpaired) electrons. The van der Waals surface area contributed by atoms with Crippen molar-refractivity contribution in [3.05, 3.63) is 53.7 Å². The smallest absolute Gasteiger partial charge is 0.125 e. The molecule has 0 saturated heterocycles. The van der Waals surface area contributed by atoms with Gasteiger partial charge in [0.15, 0.2) is 0 Å². The molecule has 0 aliphatic rings. The molecule has 0 spiro atoms. The first kappa shape index (κ1) is 15.7. The van der Waals surface area contributed by atoms with Gasteiger partial charge in [0.1, 0.15) is 5.01 Å². The summed E-state index contributed by atoms with van der Waals surface area (Å²) in [4.78, 5) is 11.4. The van der Waals surface area contributed by atoms with Gasteiger partial charge in [0.2, 0.25) is 0 Å². The molecule has 4 heteroatoms. The highest BCUT2D eigenvalue weighted by molar-refractivity contribution is 7.13. The number of benzene rings is 1. The predicted octanol–water partition coefficient (Wildman–Crippen LogP) is 5.03. The highest BCUT2D eigenvalue weighted by Crippen LogP contribution is 2.31. The lowest BCUT2D eigenvalue weighted by atomic mass is 10.1. The van der Waals surface area contributed by atoms with Crippen LogP contribution >= 0.6 is 11.3 Å². The zero-order chi connectivity index (χ0) is 16.2. The van der Waals surface area contributed by atoms with Crippen LogP contribution in [0.1, 0.15) is 19.4 Å². The number of nitrogens with zero attached hydrogens (tertiary/aromatic N) is 3. The van der Waals surface area contributed by atoms with Crippen LogP contribution in [0, 0.1) is 6.92 Å². The zero-order valence-electron chi connectivity index (χ0n) is 13.8. The van der Waals surface area contributed by atoms with Gasteiger partial charge >= 0.3 is 0 Å². The third-order valence-electron chi connectivity index (χ3n) is 4.04. The molecule has 0 atom stereocenters. The molecule has 0 amide bonds. The molecule has 118 valence electrons. The van der Waals surface area contributed by atoms with E-state index in [4.69, 9.17) is 4.98 Å². The number of thiazole rings is 1. The Morgan fingerprint density at radius 1 is 1.13 bits per heavy atom. The van der Waals surface area contributed by atoms with E-state index < -0.39 is 0 Å². The number of aryl methyl sites for hydroxylation is 1. The highest BCUT2D eigenvalue weighted by atomic mass is 32.1. The van der Waals surface area contributed by atoms with Gasteiger partial charge in [0, 0.05) is 47.7 Å². The maximum Gasteiger partial charge on any atom is 0.125 e. The number of hydrogen-bond donors (Lipinski definition) is 0. The molecule has 1 aromatic carbocycles. The Morgan fingerprint density at radius 3 is 2.70 bits per heavy atom. The fraction of sp³-hybridized carbons (Fsp3) is 0.263. The summed E-state index contributed by atoms with van der Waals surface area (Å²) in [6.07, 6.45) is 3.71. The van der Waals surface area contributed by atoms with E-state index in [1.165, 1.54) is 16.8 Å². The minimum atomic E-state index is 1.01. The first-order valence-electron chi connectivity index (χ1n) is 7.94. The summed E-state index contributed by atoms with van der Waals surface area (Å²) >= 11 is 1.67. The lowest BCUT2D eigenvalue weighted by Crippen LogP contribution is -2.21. The van der Waals surface area contributed by atoms with Gasteiger partial charge in [-0.2, -0.15) is 0 Å². The molecular weight excluding hydrogens is 302 g/mol. The molecule has 0 bridgehead atoms. The van der Waals surface area contributed by atoms with E-state index in [0.29, 0.717) is 0 Å². The number of anilines is 1. The molecule has 3 rings (SSSR count). The van der Waals surface area contributed by atoms with Gasteiger partial charge in [-0.3, -0.25) is 4.98 Å². The summed E-state index contributed by atoms with van der Waals surface area (Å²) in [7, 11) is 0. The van der Waals surface area contributed by atoms with Crippen LogP contribution in [0.15, 0.2) is 48.1 Å². The van der Waals surface area contributed by atoms with E-state index in [-0.39, 0.29) is 0 Å². The zero-order valence-corrected chi connectivity index (χ0v) is 14.6. The second kappa shape index (κ2) is 6.92. The number of hydrogen-bond acceptors (Lipinski definition) is 4. The van der Waals surface area contributed by atoms with E-state index in [9.17, 15) is 0 Å². The van der Waals surface area contributed by atoms with E-state index in [1.807, 2.05) is 18.5 Å². The van der Waals surface area contributed by atoms with Gasteiger partial charge in [-0.05, 0) is 44.5 Å². The summed E-state index contributed by atoms with van der Waals surface area (Å²) in [6.45, 7) is 8.48. The average Bonchev–Trinajstić information content (AvgIpc) is 3.06. The van der Waals surface area contributed by atoms with Crippen LogP contribution in [-0.4, -0.2) is 23.1 Å². The Kier molecular flexibility index (Phi) is 4.72. The molecule has 0 N–H and O–H groups in total. The molecule has 0 fully saturated rings. The van der Waals surface area contributed by atoms with Crippen LogP contribution in [0.3, 0.4) is 0 Å². The molecule has 3 nitrogen and oxygen atoms in total. The predicted molar refractivity (Wildman–Crippen MR) is 99.1 cm³/mol. The van der Waals surface area contributed by atoms with Crippen molar-refractivity contribution in [2.24, 2.45) is 0 Å². The fourth-order valence-corrected chi connectivity index (χ4v) is 3.57. The number of pyridine rings is 1. The maximum absolute atomic E-state index is 4.82. The standard InChI is InChI=1S/C19H21N3S/c1-4-22(5-2)16-8-6-7-15(11-16)18-13-23-19(21-18)17-12-20-10-9-14(17)3/h6-13H,4-5H2,1-3H3. The Morgan fingerprint density at radius 2 is 1.96 bits per heavy atom. The van der Waals surface area contributed by atoms with Gasteiger partial charge in [-0.25, -0.2) is 4.98 Å². The lowest BCUT2D eigenvalue weighted by Gasteiger charge is -2.21. The van der Waals surface area contributed by atoms with Crippen LogP contribution in [0.4, 0.5) is 5.69 Å². The van der Waals surface area contributed by atoms with Gasteiger partial charge in [-0.1, -0.05) is 12.1 Å². The summed E-state index contributed by atoms with van der Waals surface area (Å²) in [6, 6.07) is 10.6. The molecular formula is C19H21N3S. The van der Waals surface area contributed by atoms with Crippen molar-refractivity contribution in [2.75, 3.05) is 18.0 Å². The quantitative estimate of drug-likeness (QED) is 0.659. The van der Waals surface area contributed by atoms with Gasteiger partial charge < -0.3 is 4.90 Å². The monoisotopic (exact) mass is 323 g/mol. The minimum Gasteiger partial charge on any atom is -0.372 e. The molecule has 2 aromatic heterocycles. The molecule has 2 heterocycles. The molecule has 0 aliphatic carbocycles. The second-order valence-electron chi connectivity index (χ2n) is 5.45. The van der Waals surface area contributed by atoms with Crippen molar-refractivity contribution >= 4 is 17.0 Å². The first-order chi connectivity index (χ1) is 11.2. The Labute approximate surface area is 141 Å². The van der Waals surface area contributed by atoms with Crippen molar-refractivity contribution in [1.82, 2.24) is 9.97 Å². The topological polar surface area (TPSA) is 29.0 Å². The van der Waals surface area contributed by atoms with Crippen LogP contribution < -0.4 is 4.90 Å². The molecule has 23 heavy (non-hydrogen) atoms. The highest BCUT2D eigenvalue weighted by Gasteiger charge is 2.10. The molecule has 3 aromatic rings. The molecule has 0 aliphatic heterocycles. The van der Waals surface area contributed by atoms with Crippen molar-refractivity contribution in [3.63, 3.8) is 0 Å². The summed E-state index contributed by atoms with van der Waals surface area (Å²) in [5, 5.41) is 3.15. The normalized spacial score (nSPS) is 10.7.